The Balaban J connectivity index is 0.000000445. The molecule has 1 aliphatic heterocycles. The van der Waals surface area contributed by atoms with E-state index in [9.17, 15) is 24.3 Å². The molecule has 1 fully saturated rings. The number of cyclic esters (lactones) is 2. The van der Waals surface area contributed by atoms with E-state index in [4.69, 9.17) is 38.9 Å². The molecule has 16 nitrogen and oxygen atoms in total. The van der Waals surface area contributed by atoms with Gasteiger partial charge >= 0.3 is 24.2 Å². The van der Waals surface area contributed by atoms with Crippen molar-refractivity contribution in [3.05, 3.63) is 71.8 Å². The monoisotopic (exact) mass is 738 g/mol. The Morgan fingerprint density at radius 2 is 1.29 bits per heavy atom. The molecule has 4 N–H and O–H groups in total. The minimum absolute atomic E-state index is 0.0325. The van der Waals surface area contributed by atoms with E-state index in [0.29, 0.717) is 46.1 Å². The normalized spacial score (nSPS) is 14.0. The van der Waals surface area contributed by atoms with Crippen LogP contribution in [-0.2, 0) is 65.3 Å². The van der Waals surface area contributed by atoms with E-state index < -0.39 is 41.6 Å². The van der Waals surface area contributed by atoms with E-state index in [1.165, 1.54) is 12.5 Å². The quantitative estimate of drug-likeness (QED) is 0.101. The third-order valence-electron chi connectivity index (χ3n) is 7.02. The van der Waals surface area contributed by atoms with Gasteiger partial charge in [0.2, 0.25) is 0 Å². The van der Waals surface area contributed by atoms with Crippen LogP contribution in [0.25, 0.3) is 0 Å². The van der Waals surface area contributed by atoms with E-state index in [1.807, 2.05) is 60.7 Å². The number of alkyl carbamates (subject to hydrolysis) is 1. The Hall–Kier alpha value is -4.32. The molecule has 52 heavy (non-hydrogen) atoms. The number of aliphatic hydroxyl groups is 1. The Labute approximate surface area is 305 Å². The molecule has 1 amide bonds. The number of benzene rings is 2. The van der Waals surface area contributed by atoms with E-state index in [1.54, 1.807) is 21.1 Å². The fourth-order valence-electron chi connectivity index (χ4n) is 3.69. The summed E-state index contributed by atoms with van der Waals surface area (Å²) < 4.78 is 44.4. The van der Waals surface area contributed by atoms with Gasteiger partial charge in [-0.25, -0.2) is 9.59 Å². The molecular weight excluding hydrogens is 684 g/mol. The maximum atomic E-state index is 12.1. The van der Waals surface area contributed by atoms with Crippen LogP contribution in [0.15, 0.2) is 60.7 Å². The summed E-state index contributed by atoms with van der Waals surface area (Å²) in [5, 5.41) is 12.1. The maximum absolute atomic E-state index is 12.1. The SMILES string of the molecule is COCCOCCOC(=O)C(C)(CO)COC(=O)NCc1ccccc1.COCCOCCOC(=O)C1(C)COC(=O)OC1.NCc1ccccc1. The zero-order chi connectivity index (χ0) is 38.5. The highest BCUT2D eigenvalue weighted by molar-refractivity contribution is 5.78. The van der Waals surface area contributed by atoms with Crippen LogP contribution in [0.5, 0.6) is 0 Å². The van der Waals surface area contributed by atoms with Gasteiger partial charge < -0.3 is 58.8 Å². The number of nitrogens with one attached hydrogen (secondary N) is 1. The average Bonchev–Trinajstić information content (AvgIpc) is 3.18. The van der Waals surface area contributed by atoms with Crippen LogP contribution in [0.2, 0.25) is 0 Å². The molecule has 1 saturated heterocycles. The second kappa shape index (κ2) is 27.3. The lowest BCUT2D eigenvalue weighted by Gasteiger charge is -2.29. The highest BCUT2D eigenvalue weighted by Crippen LogP contribution is 2.24. The Bertz CT molecular complexity index is 1260. The number of amides is 1. The highest BCUT2D eigenvalue weighted by atomic mass is 16.7. The van der Waals surface area contributed by atoms with Crippen LogP contribution in [0.1, 0.15) is 25.0 Å². The summed E-state index contributed by atoms with van der Waals surface area (Å²) in [5.74, 6) is -1.13. The lowest BCUT2D eigenvalue weighted by Crippen LogP contribution is -2.44. The number of methoxy groups -OCH3 is 2. The fourth-order valence-corrected chi connectivity index (χ4v) is 3.69. The summed E-state index contributed by atoms with van der Waals surface area (Å²) >= 11 is 0. The first-order valence-corrected chi connectivity index (χ1v) is 16.6. The summed E-state index contributed by atoms with van der Waals surface area (Å²) in [6, 6.07) is 19.3. The van der Waals surface area contributed by atoms with Crippen molar-refractivity contribution in [1.82, 2.24) is 5.32 Å². The first-order chi connectivity index (χ1) is 25.0. The first-order valence-electron chi connectivity index (χ1n) is 16.6. The minimum Gasteiger partial charge on any atom is -0.463 e. The Morgan fingerprint density at radius 3 is 1.77 bits per heavy atom. The molecule has 2 aromatic rings. The van der Waals surface area contributed by atoms with Crippen molar-refractivity contribution in [3.8, 4) is 0 Å². The zero-order valence-electron chi connectivity index (χ0n) is 30.5. The van der Waals surface area contributed by atoms with Crippen LogP contribution >= 0.6 is 0 Å². The third-order valence-corrected chi connectivity index (χ3v) is 7.02. The molecule has 1 heterocycles. The number of ether oxygens (including phenoxy) is 9. The molecule has 1 atom stereocenters. The van der Waals surface area contributed by atoms with Crippen molar-refractivity contribution in [1.29, 1.82) is 0 Å². The maximum Gasteiger partial charge on any atom is 0.508 e. The second-order valence-electron chi connectivity index (χ2n) is 11.7. The standard InChI is InChI=1S/C18H27NO7.C11H18O7.C7H9N/c1-18(13-20,16(21)25-11-10-24-9-8-23-2)14-26-17(22)19-12-15-6-4-3-5-7-15;1-11(7-17-10(13)18-8-11)9(12)16-6-5-15-4-3-14-2;8-6-7-4-2-1-3-5-7/h3-7,20H,8-14H2,1-2H3,(H,19,22);3-8H2,1-2H3;1-5H,6,8H2. The molecule has 3 rings (SSSR count). The predicted molar refractivity (Wildman–Crippen MR) is 187 cm³/mol. The molecule has 1 aliphatic rings. The lowest BCUT2D eigenvalue weighted by molar-refractivity contribution is -0.167. The number of nitrogens with two attached hydrogens (primary N) is 1. The summed E-state index contributed by atoms with van der Waals surface area (Å²) in [5.41, 5.74) is 5.18. The number of carbonyl (C=O) groups is 4. The van der Waals surface area contributed by atoms with Crippen molar-refractivity contribution in [2.45, 2.75) is 26.9 Å². The van der Waals surface area contributed by atoms with Gasteiger partial charge in [0.25, 0.3) is 0 Å². The van der Waals surface area contributed by atoms with Crippen molar-refractivity contribution in [2.24, 2.45) is 16.6 Å². The van der Waals surface area contributed by atoms with Crippen molar-refractivity contribution in [2.75, 3.05) is 93.5 Å². The highest BCUT2D eigenvalue weighted by Gasteiger charge is 2.41. The minimum atomic E-state index is -1.34. The van der Waals surface area contributed by atoms with Gasteiger partial charge in [0.15, 0.2) is 0 Å². The van der Waals surface area contributed by atoms with E-state index in [0.717, 1.165) is 5.56 Å². The predicted octanol–water partition coefficient (Wildman–Crippen LogP) is 2.63. The number of hydrogen-bond acceptors (Lipinski definition) is 15. The van der Waals surface area contributed by atoms with Gasteiger partial charge in [-0.1, -0.05) is 60.7 Å². The van der Waals surface area contributed by atoms with Gasteiger partial charge in [-0.15, -0.1) is 0 Å². The van der Waals surface area contributed by atoms with Gasteiger partial charge in [-0.2, -0.15) is 0 Å². The van der Waals surface area contributed by atoms with E-state index >= 15 is 0 Å². The van der Waals surface area contributed by atoms with Gasteiger partial charge in [0.1, 0.15) is 43.9 Å². The smallest absolute Gasteiger partial charge is 0.463 e. The van der Waals surface area contributed by atoms with Crippen LogP contribution in [-0.4, -0.2) is 123 Å². The third kappa shape index (κ3) is 19.9. The summed E-state index contributed by atoms with van der Waals surface area (Å²) in [7, 11) is 3.14. The summed E-state index contributed by atoms with van der Waals surface area (Å²) in [6.07, 6.45) is -1.44. The van der Waals surface area contributed by atoms with Crippen molar-refractivity contribution < 1.29 is 66.9 Å². The molecule has 16 heteroatoms. The number of esters is 2. The van der Waals surface area contributed by atoms with E-state index in [-0.39, 0.29) is 39.6 Å². The molecule has 0 saturated carbocycles. The molecule has 1 unspecified atom stereocenters. The Morgan fingerprint density at radius 1 is 0.788 bits per heavy atom. The number of hydrogen-bond donors (Lipinski definition) is 3. The van der Waals surface area contributed by atoms with Crippen LogP contribution in [0.4, 0.5) is 9.59 Å². The number of aliphatic hydroxyl groups excluding tert-OH is 1. The van der Waals surface area contributed by atoms with Gasteiger partial charge in [-0.05, 0) is 25.0 Å². The van der Waals surface area contributed by atoms with Crippen molar-refractivity contribution >= 4 is 24.2 Å². The van der Waals surface area contributed by atoms with Gasteiger partial charge in [-0.3, -0.25) is 9.59 Å². The zero-order valence-corrected chi connectivity index (χ0v) is 30.5. The molecule has 0 radical (unpaired) electrons. The molecule has 0 aromatic heterocycles. The molecular formula is C36H54N2O14. The number of carbonyl (C=O) groups excluding carboxylic acids is 4. The number of rotatable bonds is 20. The van der Waals surface area contributed by atoms with Crippen LogP contribution < -0.4 is 11.1 Å². The van der Waals surface area contributed by atoms with Crippen LogP contribution in [0, 0.1) is 10.8 Å². The molecule has 292 valence electrons. The van der Waals surface area contributed by atoms with Crippen LogP contribution in [0.3, 0.4) is 0 Å². The van der Waals surface area contributed by atoms with Gasteiger partial charge in [0.05, 0.1) is 46.2 Å². The topological polar surface area (TPSA) is 210 Å². The first kappa shape index (κ1) is 45.7. The lowest BCUT2D eigenvalue weighted by atomic mass is 9.93. The second-order valence-corrected chi connectivity index (χ2v) is 11.7. The average molecular weight is 739 g/mol. The van der Waals surface area contributed by atoms with Crippen molar-refractivity contribution in [3.63, 3.8) is 0 Å². The molecule has 2 aromatic carbocycles. The summed E-state index contributed by atoms with van der Waals surface area (Å²) in [6.45, 7) is 5.65. The Kier molecular flexibility index (Phi) is 24.0. The molecule has 0 bridgehead atoms. The molecule has 0 aliphatic carbocycles. The molecule has 0 spiro atoms. The largest absolute Gasteiger partial charge is 0.508 e. The fraction of sp³-hybridized carbons (Fsp3) is 0.556. The van der Waals surface area contributed by atoms with E-state index in [2.05, 4.69) is 14.8 Å². The summed E-state index contributed by atoms with van der Waals surface area (Å²) in [4.78, 5) is 46.3. The van der Waals surface area contributed by atoms with Gasteiger partial charge in [0, 0.05) is 27.3 Å².